The quantitative estimate of drug-likeness (QED) is 0.417. The monoisotopic (exact) mass is 431 g/mol. The number of fused-ring (bicyclic) bond motifs is 3. The van der Waals surface area contributed by atoms with Crippen LogP contribution in [0.15, 0.2) is 22.1 Å². The van der Waals surface area contributed by atoms with Gasteiger partial charge in [0.25, 0.3) is 5.56 Å². The molecule has 2 aliphatic rings. The summed E-state index contributed by atoms with van der Waals surface area (Å²) in [5, 5.41) is 4.57. The molecule has 0 spiro atoms. The van der Waals surface area contributed by atoms with E-state index in [9.17, 15) is 9.59 Å². The molecule has 1 N–H and O–H groups in total. The van der Waals surface area contributed by atoms with E-state index in [2.05, 4.69) is 11.9 Å². The summed E-state index contributed by atoms with van der Waals surface area (Å²) in [6.45, 7) is 6.35. The second kappa shape index (κ2) is 9.04. The first-order chi connectivity index (χ1) is 14.0. The zero-order valence-electron chi connectivity index (χ0n) is 17.1. The Morgan fingerprint density at radius 1 is 1.24 bits per heavy atom. The third-order valence-corrected chi connectivity index (χ3v) is 7.93. The van der Waals surface area contributed by atoms with E-state index in [1.165, 1.54) is 47.9 Å². The number of nitrogens with one attached hydrogen (secondary N) is 1. The average Bonchev–Trinajstić information content (AvgIpc) is 3.08. The minimum atomic E-state index is 0.0209. The smallest absolute Gasteiger partial charge is 0.263 e. The van der Waals surface area contributed by atoms with Gasteiger partial charge >= 0.3 is 0 Å². The lowest BCUT2D eigenvalue weighted by molar-refractivity contribution is -0.119. The molecule has 0 atom stereocenters. The Morgan fingerprint density at radius 3 is 2.76 bits per heavy atom. The molecule has 1 fully saturated rings. The van der Waals surface area contributed by atoms with Crippen molar-refractivity contribution >= 4 is 39.2 Å². The van der Waals surface area contributed by atoms with Crippen LogP contribution in [0.25, 0.3) is 10.2 Å². The van der Waals surface area contributed by atoms with Crippen molar-refractivity contribution in [2.24, 2.45) is 0 Å². The van der Waals surface area contributed by atoms with Gasteiger partial charge < -0.3 is 5.32 Å². The molecule has 7 heteroatoms. The molecule has 1 amide bonds. The maximum absolute atomic E-state index is 13.4. The largest absolute Gasteiger partial charge is 0.353 e. The van der Waals surface area contributed by atoms with Gasteiger partial charge in [-0.05, 0) is 51.0 Å². The number of carbonyl (C=O) groups is 1. The Hall–Kier alpha value is -1.60. The molecule has 2 aliphatic carbocycles. The standard InChI is InChI=1S/C22H29N3O2S2/c1-14(2)12-25-21(27)19-16-10-6-7-11-17(16)29-20(19)24-22(25)28-13-18(26)23-15-8-4-3-5-9-15/h15H,1,3-13H2,2H3,(H,23,26). The zero-order chi connectivity index (χ0) is 20.4. The van der Waals surface area contributed by atoms with Gasteiger partial charge in [-0.3, -0.25) is 14.2 Å². The first-order valence-corrected chi connectivity index (χ1v) is 12.4. The number of rotatable bonds is 6. The lowest BCUT2D eigenvalue weighted by Gasteiger charge is -2.22. The number of thiophene rings is 1. The summed E-state index contributed by atoms with van der Waals surface area (Å²) in [7, 11) is 0. The van der Waals surface area contributed by atoms with Gasteiger partial charge in [0.1, 0.15) is 4.83 Å². The van der Waals surface area contributed by atoms with Crippen LogP contribution in [0.1, 0.15) is 62.3 Å². The first-order valence-electron chi connectivity index (χ1n) is 10.6. The van der Waals surface area contributed by atoms with Gasteiger partial charge in [0, 0.05) is 17.5 Å². The Bertz CT molecular complexity index is 986. The molecule has 2 heterocycles. The summed E-state index contributed by atoms with van der Waals surface area (Å²) in [5.74, 6) is 0.319. The highest BCUT2D eigenvalue weighted by Gasteiger charge is 2.23. The minimum Gasteiger partial charge on any atom is -0.353 e. The molecule has 0 aromatic carbocycles. The van der Waals surface area contributed by atoms with Gasteiger partial charge in [0.05, 0.1) is 11.1 Å². The van der Waals surface area contributed by atoms with Crippen LogP contribution in [0.4, 0.5) is 0 Å². The van der Waals surface area contributed by atoms with Crippen molar-refractivity contribution in [3.05, 3.63) is 32.9 Å². The average molecular weight is 432 g/mol. The summed E-state index contributed by atoms with van der Waals surface area (Å²) < 4.78 is 1.71. The molecule has 4 rings (SSSR count). The van der Waals surface area contributed by atoms with Crippen LogP contribution in [0.5, 0.6) is 0 Å². The lowest BCUT2D eigenvalue weighted by Crippen LogP contribution is -2.37. The van der Waals surface area contributed by atoms with Crippen LogP contribution in [-0.4, -0.2) is 27.3 Å². The maximum atomic E-state index is 13.4. The first kappa shape index (κ1) is 20.7. The fourth-order valence-corrected chi connectivity index (χ4v) is 6.50. The fraction of sp³-hybridized carbons (Fsp3) is 0.591. The summed E-state index contributed by atoms with van der Waals surface area (Å²) in [6.07, 6.45) is 10.1. The van der Waals surface area contributed by atoms with Crippen LogP contribution in [0, 0.1) is 0 Å². The van der Waals surface area contributed by atoms with Crippen molar-refractivity contribution in [3.63, 3.8) is 0 Å². The number of nitrogens with zero attached hydrogens (tertiary/aromatic N) is 2. The highest BCUT2D eigenvalue weighted by molar-refractivity contribution is 7.99. The van der Waals surface area contributed by atoms with E-state index < -0.39 is 0 Å². The van der Waals surface area contributed by atoms with E-state index in [4.69, 9.17) is 4.98 Å². The van der Waals surface area contributed by atoms with E-state index in [1.54, 1.807) is 15.9 Å². The molecule has 1 saturated carbocycles. The van der Waals surface area contributed by atoms with E-state index in [1.807, 2.05) is 6.92 Å². The second-order valence-electron chi connectivity index (χ2n) is 8.32. The highest BCUT2D eigenvalue weighted by atomic mass is 32.2. The van der Waals surface area contributed by atoms with Gasteiger partial charge in [-0.25, -0.2) is 4.98 Å². The molecule has 2 aromatic rings. The molecule has 29 heavy (non-hydrogen) atoms. The Morgan fingerprint density at radius 2 is 2.00 bits per heavy atom. The predicted molar refractivity (Wildman–Crippen MR) is 121 cm³/mol. The summed E-state index contributed by atoms with van der Waals surface area (Å²) >= 11 is 3.02. The van der Waals surface area contributed by atoms with Crippen LogP contribution < -0.4 is 10.9 Å². The maximum Gasteiger partial charge on any atom is 0.263 e. The molecule has 0 radical (unpaired) electrons. The lowest BCUT2D eigenvalue weighted by atomic mass is 9.95. The molecule has 0 aliphatic heterocycles. The topological polar surface area (TPSA) is 64.0 Å². The number of aromatic nitrogens is 2. The molecule has 5 nitrogen and oxygen atoms in total. The molecular weight excluding hydrogens is 402 g/mol. The number of thioether (sulfide) groups is 1. The van der Waals surface area contributed by atoms with E-state index in [0.717, 1.165) is 47.9 Å². The Kier molecular flexibility index (Phi) is 6.44. The fourth-order valence-electron chi connectivity index (χ4n) is 4.39. The molecule has 156 valence electrons. The Labute approximate surface area is 180 Å². The van der Waals surface area contributed by atoms with Gasteiger partial charge in [-0.1, -0.05) is 43.2 Å². The van der Waals surface area contributed by atoms with E-state index >= 15 is 0 Å². The summed E-state index contributed by atoms with van der Waals surface area (Å²) in [6, 6.07) is 0.300. The molecule has 0 unspecified atom stereocenters. The Balaban J connectivity index is 1.59. The summed E-state index contributed by atoms with van der Waals surface area (Å²) in [5.41, 5.74) is 2.13. The van der Waals surface area contributed by atoms with Gasteiger partial charge in [0.15, 0.2) is 5.16 Å². The minimum absolute atomic E-state index is 0.0209. The van der Waals surface area contributed by atoms with Crippen molar-refractivity contribution in [2.45, 2.75) is 82.5 Å². The third-order valence-electron chi connectivity index (χ3n) is 5.77. The van der Waals surface area contributed by atoms with Crippen molar-refractivity contribution < 1.29 is 4.79 Å². The highest BCUT2D eigenvalue weighted by Crippen LogP contribution is 2.34. The van der Waals surface area contributed by atoms with Crippen molar-refractivity contribution in [1.29, 1.82) is 0 Å². The molecular formula is C22H29N3O2S2. The SMILES string of the molecule is C=C(C)Cn1c(SCC(=O)NC2CCCCC2)nc2sc3c(c2c1=O)CCCC3. The van der Waals surface area contributed by atoms with E-state index in [-0.39, 0.29) is 17.2 Å². The van der Waals surface area contributed by atoms with Crippen LogP contribution in [0.3, 0.4) is 0 Å². The number of hydrogen-bond donors (Lipinski definition) is 1. The number of allylic oxidation sites excluding steroid dienone is 1. The third kappa shape index (κ3) is 4.61. The summed E-state index contributed by atoms with van der Waals surface area (Å²) in [4.78, 5) is 32.8. The van der Waals surface area contributed by atoms with Gasteiger partial charge in [-0.2, -0.15) is 0 Å². The normalized spacial score (nSPS) is 17.3. The molecule has 0 saturated heterocycles. The van der Waals surface area contributed by atoms with Crippen molar-refractivity contribution in [1.82, 2.24) is 14.9 Å². The number of aryl methyl sites for hydroxylation is 2. The van der Waals surface area contributed by atoms with Crippen molar-refractivity contribution in [2.75, 3.05) is 5.75 Å². The number of carbonyl (C=O) groups excluding carboxylic acids is 1. The predicted octanol–water partition coefficient (Wildman–Crippen LogP) is 4.45. The number of amides is 1. The van der Waals surface area contributed by atoms with Gasteiger partial charge in [-0.15, -0.1) is 11.3 Å². The number of hydrogen-bond acceptors (Lipinski definition) is 5. The van der Waals surface area contributed by atoms with Crippen LogP contribution in [-0.2, 0) is 24.2 Å². The molecule has 0 bridgehead atoms. The second-order valence-corrected chi connectivity index (χ2v) is 10.4. The van der Waals surface area contributed by atoms with Crippen LogP contribution >= 0.6 is 23.1 Å². The molecule has 2 aromatic heterocycles. The zero-order valence-corrected chi connectivity index (χ0v) is 18.7. The van der Waals surface area contributed by atoms with Gasteiger partial charge in [0.2, 0.25) is 5.91 Å². The van der Waals surface area contributed by atoms with E-state index in [0.29, 0.717) is 17.7 Å². The van der Waals surface area contributed by atoms with Crippen LogP contribution in [0.2, 0.25) is 0 Å². The van der Waals surface area contributed by atoms with Crippen molar-refractivity contribution in [3.8, 4) is 0 Å².